The van der Waals surface area contributed by atoms with Crippen molar-refractivity contribution in [3.8, 4) is 22.3 Å². The van der Waals surface area contributed by atoms with Gasteiger partial charge in [-0.2, -0.15) is 0 Å². The lowest BCUT2D eigenvalue weighted by Gasteiger charge is -2.46. The molecule has 3 heteroatoms. The molecule has 2 nitrogen and oxygen atoms in total. The number of rotatable bonds is 4. The molecule has 2 aliphatic carbocycles. The lowest BCUT2D eigenvalue weighted by molar-refractivity contribution is 0.563. The predicted molar refractivity (Wildman–Crippen MR) is 256 cm³/mol. The molecule has 0 saturated carbocycles. The highest BCUT2D eigenvalue weighted by atomic mass is 32.1. The highest BCUT2D eigenvalue weighted by Crippen LogP contribution is 2.62. The molecule has 61 heavy (non-hydrogen) atoms. The van der Waals surface area contributed by atoms with Crippen LogP contribution in [-0.4, -0.2) is 0 Å². The summed E-state index contributed by atoms with van der Waals surface area (Å²) in [5.74, 6) is 0. The van der Waals surface area contributed by atoms with E-state index >= 15 is 0 Å². The van der Waals surface area contributed by atoms with Crippen molar-refractivity contribution in [2.24, 2.45) is 0 Å². The first-order valence-electron chi connectivity index (χ1n) is 21.2. The summed E-state index contributed by atoms with van der Waals surface area (Å²) in [6.45, 7) is 4.77. The molecule has 9 aromatic carbocycles. The van der Waals surface area contributed by atoms with E-state index in [0.29, 0.717) is 0 Å². The van der Waals surface area contributed by atoms with Crippen LogP contribution in [0.1, 0.15) is 47.2 Å². The van der Waals surface area contributed by atoms with E-state index in [1.165, 1.54) is 75.8 Å². The Bertz CT molecular complexity index is 3540. The van der Waals surface area contributed by atoms with Crippen LogP contribution in [-0.2, 0) is 10.8 Å². The molecule has 0 atom stereocenters. The van der Waals surface area contributed by atoms with Crippen LogP contribution < -0.4 is 4.90 Å². The number of hydrogen-bond acceptors (Lipinski definition) is 3. The molecule has 0 saturated heterocycles. The summed E-state index contributed by atoms with van der Waals surface area (Å²) in [5, 5.41) is 4.82. The van der Waals surface area contributed by atoms with E-state index in [4.69, 9.17) is 4.42 Å². The van der Waals surface area contributed by atoms with Gasteiger partial charge in [-0.1, -0.05) is 166 Å². The van der Waals surface area contributed by atoms with Crippen LogP contribution in [0.2, 0.25) is 0 Å². The second-order valence-electron chi connectivity index (χ2n) is 17.2. The van der Waals surface area contributed by atoms with Gasteiger partial charge in [0.05, 0.1) is 11.1 Å². The first kappa shape index (κ1) is 34.6. The van der Waals surface area contributed by atoms with Gasteiger partial charge in [0.1, 0.15) is 5.58 Å². The summed E-state index contributed by atoms with van der Waals surface area (Å²) in [5.41, 5.74) is 17.6. The topological polar surface area (TPSA) is 16.4 Å². The fraction of sp³-hybridized carbons (Fsp3) is 0.0690. The third-order valence-corrected chi connectivity index (χ3v) is 14.9. The number of hydrogen-bond donors (Lipinski definition) is 0. The SMILES string of the molecule is CC1(C)c2ccccc2C2(c3ccccc3-c3ccc(-c4ccc(N(c5ccc6c(c5)sc5ccccc56)c5cccc6c5oc5ccccc56)cc4)cc32)c2ccccc21. The molecule has 13 rings (SSSR count). The minimum atomic E-state index is -0.433. The molecule has 0 N–H and O–H groups in total. The largest absolute Gasteiger partial charge is 0.454 e. The van der Waals surface area contributed by atoms with E-state index in [9.17, 15) is 0 Å². The van der Waals surface area contributed by atoms with Crippen molar-refractivity contribution in [1.82, 2.24) is 0 Å². The standard InChI is InChI=1S/C58H39NOS/c1-57(2)47-19-7-9-21-49(47)58(50-22-10-8-20-48(50)57)46-18-6-3-14-40(46)41-32-28-37(34-51(41)58)36-26-29-38(30-27-36)59(39-31-33-44-43-16-5-12-25-54(43)61-55(44)35-39)52-23-13-17-45-42-15-4-11-24-53(42)60-56(45)52/h3-35H,1-2H3. The van der Waals surface area contributed by atoms with Crippen LogP contribution >= 0.6 is 11.3 Å². The van der Waals surface area contributed by atoms with Crippen LogP contribution in [0.25, 0.3) is 64.4 Å². The van der Waals surface area contributed by atoms with Crippen molar-refractivity contribution in [3.05, 3.63) is 234 Å². The van der Waals surface area contributed by atoms with Gasteiger partial charge in [-0.15, -0.1) is 11.3 Å². The lowest BCUT2D eigenvalue weighted by Crippen LogP contribution is -2.40. The van der Waals surface area contributed by atoms with Gasteiger partial charge in [0.25, 0.3) is 0 Å². The summed E-state index contributed by atoms with van der Waals surface area (Å²) in [6, 6.07) is 74.2. The van der Waals surface area contributed by atoms with Gasteiger partial charge in [0.2, 0.25) is 0 Å². The van der Waals surface area contributed by atoms with Gasteiger partial charge in [-0.05, 0) is 104 Å². The van der Waals surface area contributed by atoms with Gasteiger partial charge in [0.15, 0.2) is 5.58 Å². The number of nitrogens with zero attached hydrogens (tertiary/aromatic N) is 1. The van der Waals surface area contributed by atoms with Crippen LogP contribution in [0, 0.1) is 0 Å². The van der Waals surface area contributed by atoms with E-state index in [-0.39, 0.29) is 5.41 Å². The Labute approximate surface area is 358 Å². The predicted octanol–water partition coefficient (Wildman–Crippen LogP) is 16.1. The Morgan fingerprint density at radius 2 is 1.00 bits per heavy atom. The molecular weight excluding hydrogens is 759 g/mol. The molecule has 0 radical (unpaired) electrons. The Kier molecular flexibility index (Phi) is 7.19. The Morgan fingerprint density at radius 1 is 0.410 bits per heavy atom. The molecule has 1 spiro atoms. The highest BCUT2D eigenvalue weighted by molar-refractivity contribution is 7.25. The van der Waals surface area contributed by atoms with Crippen molar-refractivity contribution >= 4 is 70.5 Å². The summed E-state index contributed by atoms with van der Waals surface area (Å²) < 4.78 is 9.25. The molecule has 0 fully saturated rings. The minimum Gasteiger partial charge on any atom is -0.454 e. The van der Waals surface area contributed by atoms with Gasteiger partial charge >= 0.3 is 0 Å². The van der Waals surface area contributed by atoms with Gasteiger partial charge < -0.3 is 9.32 Å². The fourth-order valence-corrected chi connectivity index (χ4v) is 12.2. The second kappa shape index (κ2) is 12.7. The molecule has 0 aliphatic heterocycles. The molecule has 11 aromatic rings. The number of anilines is 3. The van der Waals surface area contributed by atoms with Crippen molar-refractivity contribution in [2.45, 2.75) is 24.7 Å². The molecule has 0 bridgehead atoms. The summed E-state index contributed by atoms with van der Waals surface area (Å²) in [6.07, 6.45) is 0. The van der Waals surface area contributed by atoms with Crippen LogP contribution in [0.4, 0.5) is 17.1 Å². The number of para-hydroxylation sites is 2. The minimum absolute atomic E-state index is 0.135. The second-order valence-corrected chi connectivity index (χ2v) is 18.3. The normalized spacial score (nSPS) is 14.3. The molecule has 0 unspecified atom stereocenters. The van der Waals surface area contributed by atoms with E-state index in [1.807, 2.05) is 17.4 Å². The monoisotopic (exact) mass is 797 g/mol. The Hall–Kier alpha value is -7.20. The van der Waals surface area contributed by atoms with Crippen molar-refractivity contribution in [1.29, 1.82) is 0 Å². The first-order chi connectivity index (χ1) is 30.0. The average Bonchev–Trinajstić information content (AvgIpc) is 3.97. The number of furan rings is 1. The van der Waals surface area contributed by atoms with E-state index in [1.54, 1.807) is 0 Å². The maximum Gasteiger partial charge on any atom is 0.159 e. The maximum atomic E-state index is 6.68. The zero-order valence-electron chi connectivity index (χ0n) is 33.8. The van der Waals surface area contributed by atoms with Crippen molar-refractivity contribution < 1.29 is 4.42 Å². The van der Waals surface area contributed by atoms with Gasteiger partial charge in [-0.3, -0.25) is 0 Å². The summed E-state index contributed by atoms with van der Waals surface area (Å²) >= 11 is 1.85. The third-order valence-electron chi connectivity index (χ3n) is 13.8. The van der Waals surface area contributed by atoms with Gasteiger partial charge in [0, 0.05) is 47.7 Å². The van der Waals surface area contributed by atoms with E-state index in [0.717, 1.165) is 39.0 Å². The molecule has 0 amide bonds. The lowest BCUT2D eigenvalue weighted by atomic mass is 9.55. The first-order valence-corrected chi connectivity index (χ1v) is 22.0. The molecular formula is C58H39NOS. The average molecular weight is 798 g/mol. The van der Waals surface area contributed by atoms with Crippen LogP contribution in [0.3, 0.4) is 0 Å². The van der Waals surface area contributed by atoms with Crippen LogP contribution in [0.5, 0.6) is 0 Å². The summed E-state index contributed by atoms with van der Waals surface area (Å²) in [7, 11) is 0. The quantitative estimate of drug-likeness (QED) is 0.176. The maximum absolute atomic E-state index is 6.68. The fourth-order valence-electron chi connectivity index (χ4n) is 11.0. The van der Waals surface area contributed by atoms with Crippen molar-refractivity contribution in [3.63, 3.8) is 0 Å². The molecule has 288 valence electrons. The summed E-state index contributed by atoms with van der Waals surface area (Å²) in [4.78, 5) is 2.37. The van der Waals surface area contributed by atoms with E-state index < -0.39 is 5.41 Å². The van der Waals surface area contributed by atoms with Gasteiger partial charge in [-0.25, -0.2) is 0 Å². The Morgan fingerprint density at radius 3 is 1.79 bits per heavy atom. The molecule has 2 heterocycles. The highest BCUT2D eigenvalue weighted by Gasteiger charge is 2.53. The number of benzene rings is 9. The smallest absolute Gasteiger partial charge is 0.159 e. The molecule has 2 aromatic heterocycles. The van der Waals surface area contributed by atoms with Crippen LogP contribution in [0.15, 0.2) is 205 Å². The number of thiophene rings is 1. The molecule has 2 aliphatic rings. The third kappa shape index (κ3) is 4.73. The Balaban J connectivity index is 0.989. The van der Waals surface area contributed by atoms with E-state index in [2.05, 4.69) is 213 Å². The zero-order valence-corrected chi connectivity index (χ0v) is 34.6. The number of fused-ring (bicyclic) bond motifs is 15. The zero-order chi connectivity index (χ0) is 40.5. The van der Waals surface area contributed by atoms with Crippen molar-refractivity contribution in [2.75, 3.05) is 4.90 Å².